The highest BCUT2D eigenvalue weighted by Gasteiger charge is 2.27. The number of nitrogens with one attached hydrogen (secondary N) is 1. The lowest BCUT2D eigenvalue weighted by atomic mass is 10.2. The quantitative estimate of drug-likeness (QED) is 0.920. The van der Waals surface area contributed by atoms with E-state index in [0.717, 1.165) is 24.2 Å². The first-order chi connectivity index (χ1) is 9.04. The van der Waals surface area contributed by atoms with Crippen molar-refractivity contribution >= 4 is 15.7 Å². The van der Waals surface area contributed by atoms with E-state index >= 15 is 0 Å². The second-order valence-electron chi connectivity index (χ2n) is 5.11. The van der Waals surface area contributed by atoms with E-state index in [9.17, 15) is 8.42 Å². The summed E-state index contributed by atoms with van der Waals surface area (Å²) in [5.41, 5.74) is 1.88. The molecule has 1 atom stereocenters. The van der Waals surface area contributed by atoms with E-state index in [1.807, 2.05) is 38.1 Å². The van der Waals surface area contributed by atoms with E-state index in [2.05, 4.69) is 5.32 Å². The number of benzene rings is 1. The van der Waals surface area contributed by atoms with Gasteiger partial charge in [-0.25, -0.2) is 8.42 Å². The summed E-state index contributed by atoms with van der Waals surface area (Å²) in [4.78, 5) is 0. The van der Waals surface area contributed by atoms with Gasteiger partial charge in [0, 0.05) is 19.1 Å². The predicted molar refractivity (Wildman–Crippen MR) is 78.8 cm³/mol. The molecule has 1 aliphatic heterocycles. The molecular weight excluding hydrogens is 260 g/mol. The lowest BCUT2D eigenvalue weighted by Gasteiger charge is -2.25. The van der Waals surface area contributed by atoms with Gasteiger partial charge < -0.3 is 5.32 Å². The zero-order valence-corrected chi connectivity index (χ0v) is 12.4. The topological polar surface area (TPSA) is 49.4 Å². The summed E-state index contributed by atoms with van der Waals surface area (Å²) in [6, 6.07) is 7.90. The lowest BCUT2D eigenvalue weighted by molar-refractivity contribution is 0.555. The Morgan fingerprint density at radius 3 is 2.84 bits per heavy atom. The fourth-order valence-electron chi connectivity index (χ4n) is 2.30. The predicted octanol–water partition coefficient (Wildman–Crippen LogP) is 2.11. The summed E-state index contributed by atoms with van der Waals surface area (Å²) < 4.78 is 26.6. The highest BCUT2D eigenvalue weighted by molar-refractivity contribution is 7.92. The number of hydrogen-bond acceptors (Lipinski definition) is 3. The third-order valence-electron chi connectivity index (χ3n) is 3.43. The van der Waals surface area contributed by atoms with Crippen molar-refractivity contribution in [2.24, 2.45) is 0 Å². The minimum Gasteiger partial charge on any atom is -0.308 e. The molecule has 1 aromatic carbocycles. The fraction of sp³-hybridized carbons (Fsp3) is 0.571. The van der Waals surface area contributed by atoms with Crippen molar-refractivity contribution in [3.05, 3.63) is 29.8 Å². The molecule has 1 aliphatic rings. The van der Waals surface area contributed by atoms with Crippen LogP contribution in [0, 0.1) is 0 Å². The first-order valence-electron chi connectivity index (χ1n) is 6.86. The third-order valence-corrected chi connectivity index (χ3v) is 5.25. The third kappa shape index (κ3) is 3.28. The largest absolute Gasteiger partial charge is 0.308 e. The fourth-order valence-corrected chi connectivity index (χ4v) is 4.10. The molecule has 4 nitrogen and oxygen atoms in total. The zero-order chi connectivity index (χ0) is 13.9. The van der Waals surface area contributed by atoms with Crippen molar-refractivity contribution in [2.45, 2.75) is 39.3 Å². The summed E-state index contributed by atoms with van der Waals surface area (Å²) in [7, 11) is -3.22. The minimum atomic E-state index is -3.22. The number of fused-ring (bicyclic) bond motifs is 1. The van der Waals surface area contributed by atoms with Crippen LogP contribution in [0.5, 0.6) is 0 Å². The molecule has 19 heavy (non-hydrogen) atoms. The molecule has 0 aliphatic carbocycles. The van der Waals surface area contributed by atoms with E-state index in [1.165, 1.54) is 0 Å². The molecule has 0 saturated carbocycles. The van der Waals surface area contributed by atoms with Crippen LogP contribution in [0.15, 0.2) is 24.3 Å². The molecule has 0 saturated heterocycles. The van der Waals surface area contributed by atoms with Crippen LogP contribution in [0.1, 0.15) is 32.3 Å². The van der Waals surface area contributed by atoms with Crippen LogP contribution >= 0.6 is 0 Å². The molecule has 0 bridgehead atoms. The first-order valence-corrected chi connectivity index (χ1v) is 8.47. The molecule has 1 aromatic rings. The number of sulfonamides is 1. The maximum absolute atomic E-state index is 12.5. The molecule has 1 N–H and O–H groups in total. The van der Waals surface area contributed by atoms with Crippen molar-refractivity contribution in [1.29, 1.82) is 0 Å². The van der Waals surface area contributed by atoms with Crippen LogP contribution in [0.2, 0.25) is 0 Å². The summed E-state index contributed by atoms with van der Waals surface area (Å²) >= 11 is 0. The van der Waals surface area contributed by atoms with Gasteiger partial charge in [0.25, 0.3) is 0 Å². The highest BCUT2D eigenvalue weighted by atomic mass is 32.2. The monoisotopic (exact) mass is 282 g/mol. The number of nitrogens with zero attached hydrogens (tertiary/aromatic N) is 1. The molecule has 2 rings (SSSR count). The highest BCUT2D eigenvalue weighted by Crippen LogP contribution is 2.26. The van der Waals surface area contributed by atoms with Crippen LogP contribution in [0.4, 0.5) is 5.69 Å². The smallest absolute Gasteiger partial charge is 0.235 e. The second-order valence-corrected chi connectivity index (χ2v) is 7.12. The van der Waals surface area contributed by atoms with Crippen molar-refractivity contribution in [3.63, 3.8) is 0 Å². The summed E-state index contributed by atoms with van der Waals surface area (Å²) in [6.07, 6.45) is 1.60. The Balaban J connectivity index is 2.37. The molecule has 0 radical (unpaired) electrons. The molecule has 0 amide bonds. The molecule has 1 unspecified atom stereocenters. The number of anilines is 1. The van der Waals surface area contributed by atoms with Gasteiger partial charge in [0.05, 0.1) is 11.4 Å². The molecule has 1 heterocycles. The Labute approximate surface area is 115 Å². The molecule has 5 heteroatoms. The Bertz CT molecular complexity index is 528. The van der Waals surface area contributed by atoms with Gasteiger partial charge >= 0.3 is 0 Å². The van der Waals surface area contributed by atoms with Gasteiger partial charge in [-0.1, -0.05) is 31.5 Å². The SMILES string of the molecule is CCCCS(=O)(=O)N1CC(C)NCc2ccccc21. The average molecular weight is 282 g/mol. The zero-order valence-electron chi connectivity index (χ0n) is 11.6. The standard InChI is InChI=1S/C14H22N2O2S/c1-3-4-9-19(17,18)16-11-12(2)15-10-13-7-5-6-8-14(13)16/h5-8,12,15H,3-4,9-11H2,1-2H3. The van der Waals surface area contributed by atoms with Crippen LogP contribution < -0.4 is 9.62 Å². The van der Waals surface area contributed by atoms with Crippen molar-refractivity contribution in [1.82, 2.24) is 5.32 Å². The number of para-hydroxylation sites is 1. The van der Waals surface area contributed by atoms with Crippen LogP contribution in [-0.4, -0.2) is 26.8 Å². The van der Waals surface area contributed by atoms with Crippen LogP contribution in [0.25, 0.3) is 0 Å². The van der Waals surface area contributed by atoms with E-state index < -0.39 is 10.0 Å². The van der Waals surface area contributed by atoms with E-state index in [1.54, 1.807) is 4.31 Å². The second kappa shape index (κ2) is 5.92. The Morgan fingerprint density at radius 2 is 2.11 bits per heavy atom. The Hall–Kier alpha value is -1.07. The summed E-state index contributed by atoms with van der Waals surface area (Å²) in [5.74, 6) is 0.227. The van der Waals surface area contributed by atoms with E-state index in [-0.39, 0.29) is 11.8 Å². The van der Waals surface area contributed by atoms with Crippen molar-refractivity contribution in [3.8, 4) is 0 Å². The van der Waals surface area contributed by atoms with Gasteiger partial charge in [0.15, 0.2) is 0 Å². The molecule has 0 spiro atoms. The average Bonchev–Trinajstić information content (AvgIpc) is 2.57. The molecule has 0 aromatic heterocycles. The molecule has 0 fully saturated rings. The normalized spacial score (nSPS) is 19.9. The Kier molecular flexibility index (Phi) is 4.47. The molecular formula is C14H22N2O2S. The van der Waals surface area contributed by atoms with Crippen molar-refractivity contribution < 1.29 is 8.42 Å². The minimum absolute atomic E-state index is 0.156. The van der Waals surface area contributed by atoms with Crippen molar-refractivity contribution in [2.75, 3.05) is 16.6 Å². The van der Waals surface area contributed by atoms with Gasteiger partial charge in [0.2, 0.25) is 10.0 Å². The van der Waals surface area contributed by atoms with E-state index in [4.69, 9.17) is 0 Å². The van der Waals surface area contributed by atoms with Crippen LogP contribution in [-0.2, 0) is 16.6 Å². The Morgan fingerprint density at radius 1 is 1.37 bits per heavy atom. The number of rotatable bonds is 4. The maximum atomic E-state index is 12.5. The lowest BCUT2D eigenvalue weighted by Crippen LogP contribution is -2.40. The van der Waals surface area contributed by atoms with Gasteiger partial charge in [-0.2, -0.15) is 0 Å². The van der Waals surface area contributed by atoms with Gasteiger partial charge in [-0.15, -0.1) is 0 Å². The number of unbranched alkanes of at least 4 members (excludes halogenated alkanes) is 1. The maximum Gasteiger partial charge on any atom is 0.235 e. The van der Waals surface area contributed by atoms with Gasteiger partial charge in [-0.05, 0) is 25.0 Å². The van der Waals surface area contributed by atoms with Gasteiger partial charge in [-0.3, -0.25) is 4.31 Å². The summed E-state index contributed by atoms with van der Waals surface area (Å²) in [5, 5.41) is 3.35. The van der Waals surface area contributed by atoms with Gasteiger partial charge in [0.1, 0.15) is 0 Å². The first kappa shape index (κ1) is 14.3. The van der Waals surface area contributed by atoms with E-state index in [0.29, 0.717) is 13.0 Å². The van der Waals surface area contributed by atoms with Crippen LogP contribution in [0.3, 0.4) is 0 Å². The molecule has 106 valence electrons. The number of hydrogen-bond donors (Lipinski definition) is 1. The summed E-state index contributed by atoms with van der Waals surface area (Å²) in [6.45, 7) is 5.25.